The molecule has 0 aliphatic carbocycles. The molecule has 0 spiro atoms. The Kier molecular flexibility index (Phi) is 4.62. The van der Waals surface area contributed by atoms with E-state index in [-0.39, 0.29) is 23.5 Å². The van der Waals surface area contributed by atoms with Gasteiger partial charge >= 0.3 is 11.8 Å². The lowest BCUT2D eigenvalue weighted by Crippen LogP contribution is -2.50. The van der Waals surface area contributed by atoms with Gasteiger partial charge in [0.15, 0.2) is 0 Å². The minimum atomic E-state index is -3.20. The maximum absolute atomic E-state index is 12.2. The highest BCUT2D eigenvalue weighted by molar-refractivity contribution is 7.89. The van der Waals surface area contributed by atoms with E-state index in [4.69, 9.17) is 4.42 Å². The number of carbonyl (C=O) groups is 1. The summed E-state index contributed by atoms with van der Waals surface area (Å²) in [6.45, 7) is 6.67. The van der Waals surface area contributed by atoms with Crippen molar-refractivity contribution in [2.75, 3.05) is 31.9 Å². The molecule has 0 saturated carbocycles. The average Bonchev–Trinajstić information content (AvgIpc) is 2.96. The molecule has 1 aromatic heterocycles. The van der Waals surface area contributed by atoms with Crippen molar-refractivity contribution in [2.45, 2.75) is 26.7 Å². The van der Waals surface area contributed by atoms with Crippen molar-refractivity contribution in [1.82, 2.24) is 19.4 Å². The average molecular weight is 316 g/mol. The van der Waals surface area contributed by atoms with E-state index in [1.165, 1.54) is 4.31 Å². The number of carbonyl (C=O) groups excluding carboxylic acids is 1. The molecule has 2 rings (SSSR count). The van der Waals surface area contributed by atoms with Crippen molar-refractivity contribution in [3.63, 3.8) is 0 Å². The molecule has 0 unspecified atom stereocenters. The Labute approximate surface area is 124 Å². The summed E-state index contributed by atoms with van der Waals surface area (Å²) in [5, 5.41) is 7.59. The minimum Gasteiger partial charge on any atom is -0.417 e. The number of hydrogen-bond donors (Lipinski definition) is 0. The van der Waals surface area contributed by atoms with Crippen LogP contribution in [0.2, 0.25) is 0 Å². The molecule has 1 aliphatic rings. The van der Waals surface area contributed by atoms with Crippen LogP contribution in [0.3, 0.4) is 0 Å². The van der Waals surface area contributed by atoms with E-state index in [0.717, 1.165) is 0 Å². The summed E-state index contributed by atoms with van der Waals surface area (Å²) in [5.41, 5.74) is 0. The van der Waals surface area contributed by atoms with Gasteiger partial charge in [-0.05, 0) is 6.92 Å². The normalized spacial score (nSPS) is 17.4. The predicted molar refractivity (Wildman–Crippen MR) is 75.3 cm³/mol. The summed E-state index contributed by atoms with van der Waals surface area (Å²) < 4.78 is 30.3. The number of aromatic nitrogens is 2. The Morgan fingerprint density at radius 2 is 1.86 bits per heavy atom. The molecule has 0 bridgehead atoms. The van der Waals surface area contributed by atoms with Gasteiger partial charge in [-0.2, -0.15) is 4.31 Å². The zero-order chi connectivity index (χ0) is 15.6. The van der Waals surface area contributed by atoms with Gasteiger partial charge in [-0.15, -0.1) is 10.2 Å². The maximum atomic E-state index is 12.2. The van der Waals surface area contributed by atoms with Crippen LogP contribution in [0, 0.1) is 0 Å². The van der Waals surface area contributed by atoms with Gasteiger partial charge in [0, 0.05) is 32.1 Å². The van der Waals surface area contributed by atoms with Crippen molar-refractivity contribution < 1.29 is 17.6 Å². The van der Waals surface area contributed by atoms with Crippen molar-refractivity contribution in [2.24, 2.45) is 0 Å². The van der Waals surface area contributed by atoms with Crippen LogP contribution < -0.4 is 0 Å². The number of amides is 1. The molecule has 1 saturated heterocycles. The van der Waals surface area contributed by atoms with Crippen LogP contribution >= 0.6 is 0 Å². The highest BCUT2D eigenvalue weighted by Crippen LogP contribution is 2.15. The van der Waals surface area contributed by atoms with Crippen molar-refractivity contribution in [3.05, 3.63) is 11.8 Å². The molecule has 0 N–H and O–H groups in total. The molecule has 9 heteroatoms. The van der Waals surface area contributed by atoms with Gasteiger partial charge in [0.25, 0.3) is 0 Å². The standard InChI is InChI=1S/C12H20N4O4S/c1-4-21(18,19)16-7-5-15(6-8-16)12(17)11-14-13-10(20-11)9(2)3/h9H,4-8H2,1-3H3. The van der Waals surface area contributed by atoms with E-state index in [1.807, 2.05) is 13.8 Å². The van der Waals surface area contributed by atoms with Gasteiger partial charge in [0.2, 0.25) is 15.9 Å². The molecule has 1 amide bonds. The van der Waals surface area contributed by atoms with E-state index in [9.17, 15) is 13.2 Å². The van der Waals surface area contributed by atoms with E-state index in [1.54, 1.807) is 11.8 Å². The third-order valence-electron chi connectivity index (χ3n) is 3.40. The van der Waals surface area contributed by atoms with E-state index in [0.29, 0.717) is 32.1 Å². The smallest absolute Gasteiger partial charge is 0.311 e. The molecule has 1 aliphatic heterocycles. The lowest BCUT2D eigenvalue weighted by atomic mass is 10.2. The lowest BCUT2D eigenvalue weighted by molar-refractivity contribution is 0.0655. The largest absolute Gasteiger partial charge is 0.417 e. The van der Waals surface area contributed by atoms with E-state index >= 15 is 0 Å². The first-order valence-electron chi connectivity index (χ1n) is 6.95. The van der Waals surface area contributed by atoms with Gasteiger partial charge in [0.1, 0.15) is 0 Å². The molecular weight excluding hydrogens is 296 g/mol. The van der Waals surface area contributed by atoms with Crippen molar-refractivity contribution >= 4 is 15.9 Å². The van der Waals surface area contributed by atoms with Gasteiger partial charge in [0.05, 0.1) is 5.75 Å². The lowest BCUT2D eigenvalue weighted by Gasteiger charge is -2.32. The van der Waals surface area contributed by atoms with Crippen LogP contribution in [0.15, 0.2) is 4.42 Å². The molecule has 0 atom stereocenters. The zero-order valence-electron chi connectivity index (χ0n) is 12.4. The Morgan fingerprint density at radius 3 is 2.33 bits per heavy atom. The fraction of sp³-hybridized carbons (Fsp3) is 0.750. The Bertz CT molecular complexity index is 603. The first-order valence-corrected chi connectivity index (χ1v) is 8.56. The molecule has 8 nitrogen and oxygen atoms in total. The summed E-state index contributed by atoms with van der Waals surface area (Å²) in [7, 11) is -3.20. The fourth-order valence-corrected chi connectivity index (χ4v) is 3.13. The minimum absolute atomic E-state index is 0.0366. The van der Waals surface area contributed by atoms with Crippen LogP contribution in [0.1, 0.15) is 43.3 Å². The number of sulfonamides is 1. The van der Waals surface area contributed by atoms with E-state index in [2.05, 4.69) is 10.2 Å². The Morgan fingerprint density at radius 1 is 1.24 bits per heavy atom. The molecule has 21 heavy (non-hydrogen) atoms. The molecular formula is C12H20N4O4S. The van der Waals surface area contributed by atoms with Crippen LogP contribution in [0.25, 0.3) is 0 Å². The first kappa shape index (κ1) is 15.9. The monoisotopic (exact) mass is 316 g/mol. The van der Waals surface area contributed by atoms with Gasteiger partial charge in [-0.3, -0.25) is 4.79 Å². The van der Waals surface area contributed by atoms with Crippen LogP contribution in [0.4, 0.5) is 0 Å². The molecule has 0 aromatic carbocycles. The van der Waals surface area contributed by atoms with Crippen molar-refractivity contribution in [3.8, 4) is 0 Å². The highest BCUT2D eigenvalue weighted by Gasteiger charge is 2.30. The predicted octanol–water partition coefficient (Wildman–Crippen LogP) is 0.300. The van der Waals surface area contributed by atoms with Crippen LogP contribution in [0.5, 0.6) is 0 Å². The second-order valence-corrected chi connectivity index (χ2v) is 7.45. The summed E-state index contributed by atoms with van der Waals surface area (Å²) >= 11 is 0. The fourth-order valence-electron chi connectivity index (χ4n) is 2.04. The zero-order valence-corrected chi connectivity index (χ0v) is 13.3. The topological polar surface area (TPSA) is 96.6 Å². The summed E-state index contributed by atoms with van der Waals surface area (Å²) in [4.78, 5) is 13.8. The van der Waals surface area contributed by atoms with Gasteiger partial charge in [-0.25, -0.2) is 8.42 Å². The van der Waals surface area contributed by atoms with E-state index < -0.39 is 10.0 Å². The molecule has 118 valence electrons. The SMILES string of the molecule is CCS(=O)(=O)N1CCN(C(=O)c2nnc(C(C)C)o2)CC1. The maximum Gasteiger partial charge on any atom is 0.311 e. The quantitative estimate of drug-likeness (QED) is 0.792. The van der Waals surface area contributed by atoms with Crippen LogP contribution in [-0.2, 0) is 10.0 Å². The Hall–Kier alpha value is -1.48. The first-order chi connectivity index (χ1) is 9.85. The molecule has 1 fully saturated rings. The van der Waals surface area contributed by atoms with Gasteiger partial charge in [-0.1, -0.05) is 13.8 Å². The summed E-state index contributed by atoms with van der Waals surface area (Å²) in [5.74, 6) is 0.173. The van der Waals surface area contributed by atoms with Gasteiger partial charge < -0.3 is 9.32 Å². The molecule has 0 radical (unpaired) electrons. The number of hydrogen-bond acceptors (Lipinski definition) is 6. The third kappa shape index (κ3) is 3.41. The summed E-state index contributed by atoms with van der Waals surface area (Å²) in [6, 6.07) is 0. The number of nitrogens with zero attached hydrogens (tertiary/aromatic N) is 4. The number of rotatable bonds is 4. The number of piperazine rings is 1. The molecule has 1 aromatic rings. The highest BCUT2D eigenvalue weighted by atomic mass is 32.2. The third-order valence-corrected chi connectivity index (χ3v) is 5.28. The summed E-state index contributed by atoms with van der Waals surface area (Å²) in [6.07, 6.45) is 0. The van der Waals surface area contributed by atoms with Crippen molar-refractivity contribution in [1.29, 1.82) is 0 Å². The second-order valence-electron chi connectivity index (χ2n) is 5.19. The molecule has 2 heterocycles. The van der Waals surface area contributed by atoms with Crippen LogP contribution in [-0.4, -0.2) is 65.7 Å². The second kappa shape index (κ2) is 6.10. The Balaban J connectivity index is 2.00.